The van der Waals surface area contributed by atoms with Crippen LogP contribution in [0.1, 0.15) is 34.4 Å². The molecule has 0 amide bonds. The lowest BCUT2D eigenvalue weighted by atomic mass is 10.0. The summed E-state index contributed by atoms with van der Waals surface area (Å²) in [5, 5.41) is 0. The third-order valence-electron chi connectivity index (χ3n) is 3.03. The first-order valence-electron chi connectivity index (χ1n) is 6.03. The van der Waals surface area contributed by atoms with Gasteiger partial charge in [0.2, 0.25) is 0 Å². The quantitative estimate of drug-likeness (QED) is 0.768. The van der Waals surface area contributed by atoms with Gasteiger partial charge in [0, 0.05) is 6.42 Å². The van der Waals surface area contributed by atoms with Crippen LogP contribution in [-0.4, -0.2) is 7.11 Å². The van der Waals surface area contributed by atoms with Crippen molar-refractivity contribution >= 4 is 15.9 Å². The Hall–Kier alpha value is -1.22. The van der Waals surface area contributed by atoms with Gasteiger partial charge in [-0.05, 0) is 42.3 Å². The van der Waals surface area contributed by atoms with Gasteiger partial charge in [-0.3, -0.25) is 0 Å². The lowest BCUT2D eigenvalue weighted by Gasteiger charge is -2.12. The zero-order chi connectivity index (χ0) is 13.1. The molecule has 1 atom stereocenters. The zero-order valence-electron chi connectivity index (χ0n) is 10.9. The number of furan rings is 1. The second-order valence-corrected chi connectivity index (χ2v) is 5.16. The SMILES string of the molecule is CCc1ccc(C(Br)c2ccc(OC)cc2C)o1. The lowest BCUT2D eigenvalue weighted by Crippen LogP contribution is -1.95. The van der Waals surface area contributed by atoms with E-state index in [0.717, 1.165) is 23.7 Å². The molecule has 0 bridgehead atoms. The van der Waals surface area contributed by atoms with E-state index in [2.05, 4.69) is 35.8 Å². The maximum atomic E-state index is 5.78. The fourth-order valence-electron chi connectivity index (χ4n) is 1.93. The van der Waals surface area contributed by atoms with Crippen molar-refractivity contribution in [3.05, 3.63) is 53.0 Å². The second kappa shape index (κ2) is 5.61. The monoisotopic (exact) mass is 308 g/mol. The topological polar surface area (TPSA) is 22.4 Å². The van der Waals surface area contributed by atoms with Crippen LogP contribution in [0.4, 0.5) is 0 Å². The number of halogens is 1. The van der Waals surface area contributed by atoms with Crippen molar-refractivity contribution in [2.24, 2.45) is 0 Å². The van der Waals surface area contributed by atoms with E-state index in [0.29, 0.717) is 0 Å². The number of rotatable bonds is 4. The summed E-state index contributed by atoms with van der Waals surface area (Å²) in [5.74, 6) is 2.84. The van der Waals surface area contributed by atoms with Crippen LogP contribution in [0.5, 0.6) is 5.75 Å². The van der Waals surface area contributed by atoms with Gasteiger partial charge in [0.15, 0.2) is 0 Å². The normalized spacial score (nSPS) is 12.4. The molecule has 1 aromatic heterocycles. The summed E-state index contributed by atoms with van der Waals surface area (Å²) in [7, 11) is 1.68. The Kier molecular flexibility index (Phi) is 4.12. The average Bonchev–Trinajstić information content (AvgIpc) is 2.86. The van der Waals surface area contributed by atoms with Gasteiger partial charge in [-0.15, -0.1) is 0 Å². The Balaban J connectivity index is 2.30. The van der Waals surface area contributed by atoms with Crippen molar-refractivity contribution in [2.75, 3.05) is 7.11 Å². The fourth-order valence-corrected chi connectivity index (χ4v) is 2.69. The Morgan fingerprint density at radius 1 is 1.28 bits per heavy atom. The second-order valence-electron chi connectivity index (χ2n) is 4.24. The molecule has 2 rings (SSSR count). The van der Waals surface area contributed by atoms with E-state index in [1.807, 2.05) is 24.3 Å². The Morgan fingerprint density at radius 2 is 2.06 bits per heavy atom. The maximum absolute atomic E-state index is 5.78. The van der Waals surface area contributed by atoms with Crippen molar-refractivity contribution in [1.82, 2.24) is 0 Å². The number of aryl methyl sites for hydroxylation is 2. The van der Waals surface area contributed by atoms with E-state index in [1.165, 1.54) is 11.1 Å². The molecule has 0 fully saturated rings. The Labute approximate surface area is 116 Å². The number of alkyl halides is 1. The van der Waals surface area contributed by atoms with E-state index in [4.69, 9.17) is 9.15 Å². The van der Waals surface area contributed by atoms with Crippen LogP contribution < -0.4 is 4.74 Å². The zero-order valence-corrected chi connectivity index (χ0v) is 12.5. The molecule has 0 aliphatic heterocycles. The number of methoxy groups -OCH3 is 1. The van der Waals surface area contributed by atoms with Gasteiger partial charge in [0.05, 0.1) is 11.9 Å². The molecule has 0 aliphatic rings. The summed E-state index contributed by atoms with van der Waals surface area (Å²) in [4.78, 5) is 0.0868. The van der Waals surface area contributed by atoms with E-state index >= 15 is 0 Å². The molecule has 1 unspecified atom stereocenters. The largest absolute Gasteiger partial charge is 0.497 e. The molecule has 1 heterocycles. The third kappa shape index (κ3) is 2.61. The standard InChI is InChI=1S/C15H17BrO2/c1-4-11-6-8-14(18-11)15(16)13-7-5-12(17-3)9-10(13)2/h5-9,15H,4H2,1-3H3. The predicted octanol–water partition coefficient (Wildman–Crippen LogP) is 4.64. The minimum atomic E-state index is 0.0868. The predicted molar refractivity (Wildman–Crippen MR) is 76.6 cm³/mol. The van der Waals surface area contributed by atoms with Crippen molar-refractivity contribution in [3.63, 3.8) is 0 Å². The van der Waals surface area contributed by atoms with Crippen LogP contribution in [0.3, 0.4) is 0 Å². The van der Waals surface area contributed by atoms with Gasteiger partial charge in [0.25, 0.3) is 0 Å². The number of benzene rings is 1. The molecule has 0 aliphatic carbocycles. The van der Waals surface area contributed by atoms with Crippen LogP contribution in [0.25, 0.3) is 0 Å². The highest BCUT2D eigenvalue weighted by Crippen LogP contribution is 2.35. The molecule has 2 aromatic rings. The summed E-state index contributed by atoms with van der Waals surface area (Å²) in [6, 6.07) is 10.1. The molecule has 0 saturated heterocycles. The molecule has 3 heteroatoms. The minimum absolute atomic E-state index is 0.0868. The Morgan fingerprint density at radius 3 is 2.61 bits per heavy atom. The first-order valence-corrected chi connectivity index (χ1v) is 6.94. The van der Waals surface area contributed by atoms with Crippen LogP contribution in [0.2, 0.25) is 0 Å². The highest BCUT2D eigenvalue weighted by atomic mass is 79.9. The van der Waals surface area contributed by atoms with Gasteiger partial charge in [0.1, 0.15) is 17.3 Å². The molecule has 0 radical (unpaired) electrons. The van der Waals surface area contributed by atoms with Crippen LogP contribution in [0, 0.1) is 6.92 Å². The van der Waals surface area contributed by atoms with Gasteiger partial charge in [-0.1, -0.05) is 28.9 Å². The Bertz CT molecular complexity index is 531. The smallest absolute Gasteiger partial charge is 0.122 e. The molecular weight excluding hydrogens is 292 g/mol. The first kappa shape index (κ1) is 13.2. The molecule has 2 nitrogen and oxygen atoms in total. The summed E-state index contributed by atoms with van der Waals surface area (Å²) in [6.45, 7) is 4.17. The van der Waals surface area contributed by atoms with Gasteiger partial charge >= 0.3 is 0 Å². The number of hydrogen-bond acceptors (Lipinski definition) is 2. The number of ether oxygens (including phenoxy) is 1. The van der Waals surface area contributed by atoms with Crippen LogP contribution in [0.15, 0.2) is 34.7 Å². The highest BCUT2D eigenvalue weighted by Gasteiger charge is 2.16. The summed E-state index contributed by atoms with van der Waals surface area (Å²) >= 11 is 3.70. The lowest BCUT2D eigenvalue weighted by molar-refractivity contribution is 0.414. The summed E-state index contributed by atoms with van der Waals surface area (Å²) in [5.41, 5.74) is 2.39. The van der Waals surface area contributed by atoms with E-state index < -0.39 is 0 Å². The van der Waals surface area contributed by atoms with Gasteiger partial charge in [-0.2, -0.15) is 0 Å². The molecule has 0 saturated carbocycles. The van der Waals surface area contributed by atoms with E-state index in [9.17, 15) is 0 Å². The van der Waals surface area contributed by atoms with E-state index in [1.54, 1.807) is 7.11 Å². The molecular formula is C15H17BrO2. The maximum Gasteiger partial charge on any atom is 0.122 e. The fraction of sp³-hybridized carbons (Fsp3) is 0.333. The highest BCUT2D eigenvalue weighted by molar-refractivity contribution is 9.09. The van der Waals surface area contributed by atoms with Gasteiger partial charge in [-0.25, -0.2) is 0 Å². The third-order valence-corrected chi connectivity index (χ3v) is 3.98. The molecule has 0 N–H and O–H groups in total. The molecule has 96 valence electrons. The van der Waals surface area contributed by atoms with Crippen LogP contribution in [-0.2, 0) is 6.42 Å². The summed E-state index contributed by atoms with van der Waals surface area (Å²) < 4.78 is 11.0. The van der Waals surface area contributed by atoms with Crippen LogP contribution >= 0.6 is 15.9 Å². The molecule has 1 aromatic carbocycles. The van der Waals surface area contributed by atoms with E-state index in [-0.39, 0.29) is 4.83 Å². The van der Waals surface area contributed by atoms with Crippen molar-refractivity contribution in [2.45, 2.75) is 25.1 Å². The van der Waals surface area contributed by atoms with Crippen molar-refractivity contribution in [3.8, 4) is 5.75 Å². The van der Waals surface area contributed by atoms with Crippen molar-refractivity contribution in [1.29, 1.82) is 0 Å². The summed E-state index contributed by atoms with van der Waals surface area (Å²) in [6.07, 6.45) is 0.918. The molecule has 0 spiro atoms. The molecule has 18 heavy (non-hydrogen) atoms. The van der Waals surface area contributed by atoms with Crippen molar-refractivity contribution < 1.29 is 9.15 Å². The average molecular weight is 309 g/mol. The minimum Gasteiger partial charge on any atom is -0.497 e. The first-order chi connectivity index (χ1) is 8.65. The van der Waals surface area contributed by atoms with Gasteiger partial charge < -0.3 is 9.15 Å². The number of hydrogen-bond donors (Lipinski definition) is 0.